The fraction of sp³-hybridized carbons (Fsp3) is 0.667. The van der Waals surface area contributed by atoms with Crippen molar-refractivity contribution in [2.75, 3.05) is 46.8 Å². The SMILES string of the molecule is CCCN(CCC(NCC)c1ccccc1)CCN(C)C. The van der Waals surface area contributed by atoms with E-state index in [1.54, 1.807) is 0 Å². The van der Waals surface area contributed by atoms with Crippen LogP contribution in [0.4, 0.5) is 0 Å². The number of likely N-dealkylation sites (N-methyl/N-ethyl adjacent to an activating group) is 1. The van der Waals surface area contributed by atoms with Crippen molar-refractivity contribution in [3.8, 4) is 0 Å². The summed E-state index contributed by atoms with van der Waals surface area (Å²) in [6.07, 6.45) is 2.40. The number of hydrogen-bond acceptors (Lipinski definition) is 3. The molecule has 0 aliphatic carbocycles. The molecule has 3 heteroatoms. The third-order valence-corrected chi connectivity index (χ3v) is 3.79. The van der Waals surface area contributed by atoms with Crippen molar-refractivity contribution in [2.45, 2.75) is 32.7 Å². The van der Waals surface area contributed by atoms with Gasteiger partial charge < -0.3 is 15.1 Å². The van der Waals surface area contributed by atoms with E-state index in [1.807, 2.05) is 0 Å². The van der Waals surface area contributed by atoms with Gasteiger partial charge in [-0.3, -0.25) is 0 Å². The fourth-order valence-electron chi connectivity index (χ4n) is 2.62. The van der Waals surface area contributed by atoms with E-state index >= 15 is 0 Å². The van der Waals surface area contributed by atoms with Gasteiger partial charge in [0.2, 0.25) is 0 Å². The highest BCUT2D eigenvalue weighted by atomic mass is 15.2. The van der Waals surface area contributed by atoms with Gasteiger partial charge in [0.15, 0.2) is 0 Å². The van der Waals surface area contributed by atoms with Crippen molar-refractivity contribution in [1.82, 2.24) is 15.1 Å². The van der Waals surface area contributed by atoms with E-state index in [4.69, 9.17) is 0 Å². The Bertz CT molecular complexity index is 351. The molecule has 0 heterocycles. The van der Waals surface area contributed by atoms with Crippen molar-refractivity contribution in [3.63, 3.8) is 0 Å². The largest absolute Gasteiger partial charge is 0.310 e. The minimum Gasteiger partial charge on any atom is -0.310 e. The average Bonchev–Trinajstić information content (AvgIpc) is 2.49. The summed E-state index contributed by atoms with van der Waals surface area (Å²) in [6.45, 7) is 10.1. The Morgan fingerprint density at radius 2 is 1.67 bits per heavy atom. The predicted molar refractivity (Wildman–Crippen MR) is 92.8 cm³/mol. The first-order chi connectivity index (χ1) is 10.2. The molecule has 1 aromatic rings. The van der Waals surface area contributed by atoms with Gasteiger partial charge in [0.25, 0.3) is 0 Å². The molecule has 0 radical (unpaired) electrons. The summed E-state index contributed by atoms with van der Waals surface area (Å²) in [5.74, 6) is 0. The van der Waals surface area contributed by atoms with Crippen molar-refractivity contribution in [3.05, 3.63) is 35.9 Å². The van der Waals surface area contributed by atoms with Gasteiger partial charge in [-0.05, 0) is 52.1 Å². The molecule has 0 amide bonds. The lowest BCUT2D eigenvalue weighted by Crippen LogP contribution is -2.35. The van der Waals surface area contributed by atoms with Crippen LogP contribution in [0.15, 0.2) is 30.3 Å². The Morgan fingerprint density at radius 3 is 2.24 bits per heavy atom. The van der Waals surface area contributed by atoms with Crippen molar-refractivity contribution < 1.29 is 0 Å². The van der Waals surface area contributed by atoms with Crippen LogP contribution in [-0.4, -0.2) is 56.6 Å². The van der Waals surface area contributed by atoms with Crippen molar-refractivity contribution in [2.24, 2.45) is 0 Å². The van der Waals surface area contributed by atoms with E-state index in [9.17, 15) is 0 Å². The van der Waals surface area contributed by atoms with Gasteiger partial charge >= 0.3 is 0 Å². The number of hydrogen-bond donors (Lipinski definition) is 1. The first kappa shape index (κ1) is 18.1. The summed E-state index contributed by atoms with van der Waals surface area (Å²) in [5, 5.41) is 3.62. The Kier molecular flexibility index (Phi) is 9.31. The lowest BCUT2D eigenvalue weighted by molar-refractivity contribution is 0.229. The fourth-order valence-corrected chi connectivity index (χ4v) is 2.62. The molecular formula is C18H33N3. The van der Waals surface area contributed by atoms with Crippen LogP contribution in [-0.2, 0) is 0 Å². The molecule has 1 aromatic carbocycles. The van der Waals surface area contributed by atoms with Gasteiger partial charge in [0.05, 0.1) is 0 Å². The molecule has 1 N–H and O–H groups in total. The van der Waals surface area contributed by atoms with Crippen LogP contribution in [0, 0.1) is 0 Å². The number of benzene rings is 1. The highest BCUT2D eigenvalue weighted by Crippen LogP contribution is 2.16. The molecule has 0 saturated heterocycles. The summed E-state index contributed by atoms with van der Waals surface area (Å²) in [4.78, 5) is 4.86. The summed E-state index contributed by atoms with van der Waals surface area (Å²) < 4.78 is 0. The zero-order valence-corrected chi connectivity index (χ0v) is 14.3. The van der Waals surface area contributed by atoms with E-state index in [1.165, 1.54) is 24.9 Å². The summed E-state index contributed by atoms with van der Waals surface area (Å²) >= 11 is 0. The van der Waals surface area contributed by atoms with Crippen LogP contribution in [0.2, 0.25) is 0 Å². The Morgan fingerprint density at radius 1 is 0.952 bits per heavy atom. The maximum Gasteiger partial charge on any atom is 0.0332 e. The van der Waals surface area contributed by atoms with Crippen LogP contribution in [0.3, 0.4) is 0 Å². The monoisotopic (exact) mass is 291 g/mol. The van der Waals surface area contributed by atoms with Crippen LogP contribution < -0.4 is 5.32 Å². The topological polar surface area (TPSA) is 18.5 Å². The van der Waals surface area contributed by atoms with Crippen molar-refractivity contribution >= 4 is 0 Å². The molecule has 0 spiro atoms. The Labute approximate surface area is 131 Å². The van der Waals surface area contributed by atoms with E-state index in [-0.39, 0.29) is 0 Å². The molecule has 0 fully saturated rings. The van der Waals surface area contributed by atoms with Crippen LogP contribution in [0.1, 0.15) is 38.3 Å². The molecule has 3 nitrogen and oxygen atoms in total. The molecule has 120 valence electrons. The van der Waals surface area contributed by atoms with E-state index in [2.05, 4.69) is 73.4 Å². The minimum atomic E-state index is 0.468. The van der Waals surface area contributed by atoms with Gasteiger partial charge in [-0.15, -0.1) is 0 Å². The molecule has 1 unspecified atom stereocenters. The van der Waals surface area contributed by atoms with Gasteiger partial charge in [-0.2, -0.15) is 0 Å². The average molecular weight is 291 g/mol. The molecule has 1 atom stereocenters. The van der Waals surface area contributed by atoms with Gasteiger partial charge in [-0.25, -0.2) is 0 Å². The molecule has 0 aliphatic rings. The quantitative estimate of drug-likeness (QED) is 0.676. The normalized spacial score (nSPS) is 13.0. The van der Waals surface area contributed by atoms with Crippen LogP contribution in [0.25, 0.3) is 0 Å². The lowest BCUT2D eigenvalue weighted by Gasteiger charge is -2.26. The van der Waals surface area contributed by atoms with Crippen molar-refractivity contribution in [1.29, 1.82) is 0 Å². The zero-order valence-electron chi connectivity index (χ0n) is 14.3. The predicted octanol–water partition coefficient (Wildman–Crippen LogP) is 3.00. The molecule has 0 bridgehead atoms. The third-order valence-electron chi connectivity index (χ3n) is 3.79. The lowest BCUT2D eigenvalue weighted by atomic mass is 10.0. The molecule has 21 heavy (non-hydrogen) atoms. The minimum absolute atomic E-state index is 0.468. The van der Waals surface area contributed by atoms with Crippen LogP contribution >= 0.6 is 0 Å². The second kappa shape index (κ2) is 10.8. The zero-order chi connectivity index (χ0) is 15.5. The maximum absolute atomic E-state index is 3.62. The number of nitrogens with one attached hydrogen (secondary N) is 1. The second-order valence-corrected chi connectivity index (χ2v) is 5.95. The van der Waals surface area contributed by atoms with E-state index in [0.29, 0.717) is 6.04 Å². The molecular weight excluding hydrogens is 258 g/mol. The highest BCUT2D eigenvalue weighted by Gasteiger charge is 2.12. The van der Waals surface area contributed by atoms with E-state index < -0.39 is 0 Å². The van der Waals surface area contributed by atoms with Gasteiger partial charge in [0, 0.05) is 19.1 Å². The molecule has 0 aliphatic heterocycles. The molecule has 1 rings (SSSR count). The summed E-state index contributed by atoms with van der Waals surface area (Å²) in [5.41, 5.74) is 1.41. The summed E-state index contributed by atoms with van der Waals surface area (Å²) in [7, 11) is 4.30. The number of rotatable bonds is 11. The van der Waals surface area contributed by atoms with E-state index in [0.717, 1.165) is 26.2 Å². The maximum atomic E-state index is 3.62. The van der Waals surface area contributed by atoms with Crippen LogP contribution in [0.5, 0.6) is 0 Å². The highest BCUT2D eigenvalue weighted by molar-refractivity contribution is 5.18. The first-order valence-electron chi connectivity index (χ1n) is 8.32. The second-order valence-electron chi connectivity index (χ2n) is 5.95. The first-order valence-corrected chi connectivity index (χ1v) is 8.32. The smallest absolute Gasteiger partial charge is 0.0332 e. The Hall–Kier alpha value is -0.900. The standard InChI is InChI=1S/C18H33N3/c1-5-13-21(16-15-20(3)4)14-12-18(19-6-2)17-10-8-7-9-11-17/h7-11,18-19H,5-6,12-16H2,1-4H3. The van der Waals surface area contributed by atoms with Gasteiger partial charge in [0.1, 0.15) is 0 Å². The Balaban J connectivity index is 2.53. The molecule has 0 saturated carbocycles. The van der Waals surface area contributed by atoms with Gasteiger partial charge in [-0.1, -0.05) is 44.2 Å². The molecule has 0 aromatic heterocycles. The number of nitrogens with zero attached hydrogens (tertiary/aromatic N) is 2. The third kappa shape index (κ3) is 7.60. The summed E-state index contributed by atoms with van der Waals surface area (Å²) in [6, 6.07) is 11.3.